The molecule has 1 fully saturated rings. The lowest BCUT2D eigenvalue weighted by molar-refractivity contribution is -0.126. The summed E-state index contributed by atoms with van der Waals surface area (Å²) < 4.78 is 56.4. The number of aryl methyl sites for hydroxylation is 1. The summed E-state index contributed by atoms with van der Waals surface area (Å²) >= 11 is 0. The van der Waals surface area contributed by atoms with Gasteiger partial charge in [-0.1, -0.05) is 18.2 Å². The predicted octanol–water partition coefficient (Wildman–Crippen LogP) is 5.05. The molecule has 36 heavy (non-hydrogen) atoms. The van der Waals surface area contributed by atoms with Gasteiger partial charge >= 0.3 is 0 Å². The number of hydrogen-bond acceptors (Lipinski definition) is 4. The smallest absolute Gasteiger partial charge is 0.240 e. The Hall–Kier alpha value is -3.17. The van der Waals surface area contributed by atoms with E-state index in [2.05, 4.69) is 15.0 Å². The number of rotatable bonds is 7. The zero-order chi connectivity index (χ0) is 25.9. The van der Waals surface area contributed by atoms with Gasteiger partial charge in [-0.05, 0) is 87.1 Å². The molecule has 0 bridgehead atoms. The van der Waals surface area contributed by atoms with Crippen LogP contribution in [0.4, 0.5) is 8.78 Å². The summed E-state index contributed by atoms with van der Waals surface area (Å²) in [6.45, 7) is 3.64. The zero-order valence-corrected chi connectivity index (χ0v) is 21.0. The average molecular weight is 514 g/mol. The first kappa shape index (κ1) is 25.9. The Morgan fingerprint density at radius 1 is 1.00 bits per heavy atom. The lowest BCUT2D eigenvalue weighted by Crippen LogP contribution is -2.41. The van der Waals surface area contributed by atoms with E-state index in [0.717, 1.165) is 17.3 Å². The van der Waals surface area contributed by atoms with Crippen molar-refractivity contribution >= 4 is 15.9 Å². The van der Waals surface area contributed by atoms with Crippen LogP contribution >= 0.6 is 0 Å². The Balaban J connectivity index is 1.34. The molecule has 1 aliphatic rings. The first-order valence-corrected chi connectivity index (χ1v) is 13.4. The molecule has 1 saturated carbocycles. The van der Waals surface area contributed by atoms with Crippen molar-refractivity contribution in [1.82, 2.24) is 15.0 Å². The molecule has 0 unspecified atom stereocenters. The monoisotopic (exact) mass is 513 g/mol. The average Bonchev–Trinajstić information content (AvgIpc) is 2.84. The van der Waals surface area contributed by atoms with Gasteiger partial charge in [0.25, 0.3) is 0 Å². The summed E-state index contributed by atoms with van der Waals surface area (Å²) in [5.74, 6) is -1.29. The van der Waals surface area contributed by atoms with E-state index >= 15 is 0 Å². The molecular weight excluding hydrogens is 484 g/mol. The lowest BCUT2D eigenvalue weighted by Gasteiger charge is -2.29. The first-order valence-electron chi connectivity index (χ1n) is 11.9. The van der Waals surface area contributed by atoms with E-state index in [1.54, 1.807) is 37.4 Å². The lowest BCUT2D eigenvalue weighted by atomic mass is 9.85. The van der Waals surface area contributed by atoms with E-state index in [4.69, 9.17) is 0 Å². The van der Waals surface area contributed by atoms with E-state index in [9.17, 15) is 22.0 Å². The molecule has 1 aliphatic carbocycles. The van der Waals surface area contributed by atoms with Crippen molar-refractivity contribution in [1.29, 1.82) is 0 Å². The molecule has 0 spiro atoms. The summed E-state index contributed by atoms with van der Waals surface area (Å²) in [4.78, 5) is 16.7. The number of aromatic nitrogens is 1. The second-order valence-corrected chi connectivity index (χ2v) is 11.0. The van der Waals surface area contributed by atoms with Gasteiger partial charge in [0.2, 0.25) is 15.9 Å². The number of amides is 1. The Morgan fingerprint density at radius 3 is 2.33 bits per heavy atom. The number of nitrogens with zero attached hydrogens (tertiary/aromatic N) is 1. The van der Waals surface area contributed by atoms with Crippen LogP contribution in [0.3, 0.4) is 0 Å². The standard InChI is InChI=1S/C27H29F2N3O3S/c1-17-15-21(13-14-30-17)25-12-11-24(16-26(25)29)36(34,35)32-23-9-5-20(6-10-23)27(33)31-18(2)19-3-7-22(28)8-4-19/h3-4,7-8,11-16,18,20,23,32H,5-6,9-10H2,1-2H3,(H,31,33)/t18-,20?,23?/m1/s1. The van der Waals surface area contributed by atoms with Gasteiger partial charge in [0.15, 0.2) is 0 Å². The zero-order valence-electron chi connectivity index (χ0n) is 20.2. The highest BCUT2D eigenvalue weighted by Crippen LogP contribution is 2.28. The quantitative estimate of drug-likeness (QED) is 0.463. The molecule has 1 aromatic heterocycles. The Bertz CT molecular complexity index is 1340. The summed E-state index contributed by atoms with van der Waals surface area (Å²) in [5, 5.41) is 2.96. The Kier molecular flexibility index (Phi) is 7.80. The van der Waals surface area contributed by atoms with Gasteiger partial charge < -0.3 is 5.32 Å². The SMILES string of the molecule is Cc1cc(-c2ccc(S(=O)(=O)NC3CCC(C(=O)N[C@H](C)c4ccc(F)cc4)CC3)cc2F)ccn1. The number of nitrogens with one attached hydrogen (secondary N) is 2. The van der Waals surface area contributed by atoms with Crippen LogP contribution < -0.4 is 10.0 Å². The third-order valence-electron chi connectivity index (χ3n) is 6.61. The molecule has 190 valence electrons. The fourth-order valence-corrected chi connectivity index (χ4v) is 5.85. The van der Waals surface area contributed by atoms with Gasteiger partial charge in [-0.25, -0.2) is 21.9 Å². The minimum atomic E-state index is -3.92. The minimum Gasteiger partial charge on any atom is -0.349 e. The highest BCUT2D eigenvalue weighted by atomic mass is 32.2. The first-order chi connectivity index (χ1) is 17.1. The predicted molar refractivity (Wildman–Crippen MR) is 133 cm³/mol. The Labute approximate surface area is 210 Å². The summed E-state index contributed by atoms with van der Waals surface area (Å²) in [5.41, 5.74) is 2.48. The fraction of sp³-hybridized carbons (Fsp3) is 0.333. The number of halogens is 2. The number of sulfonamides is 1. The second kappa shape index (κ2) is 10.8. The minimum absolute atomic E-state index is 0.0999. The van der Waals surface area contributed by atoms with Crippen molar-refractivity contribution in [3.05, 3.63) is 83.7 Å². The maximum atomic E-state index is 14.8. The van der Waals surface area contributed by atoms with Crippen LogP contribution in [0, 0.1) is 24.5 Å². The number of carbonyl (C=O) groups is 1. The normalized spacial score (nSPS) is 19.0. The molecule has 4 rings (SSSR count). The van der Waals surface area contributed by atoms with E-state index in [1.165, 1.54) is 24.3 Å². The summed E-state index contributed by atoms with van der Waals surface area (Å²) in [6, 6.07) is 12.7. The van der Waals surface area contributed by atoms with Gasteiger partial charge in [-0.2, -0.15) is 0 Å². The second-order valence-electron chi connectivity index (χ2n) is 9.28. The van der Waals surface area contributed by atoms with Crippen LogP contribution in [0.2, 0.25) is 0 Å². The highest BCUT2D eigenvalue weighted by Gasteiger charge is 2.30. The summed E-state index contributed by atoms with van der Waals surface area (Å²) in [7, 11) is -3.92. The molecule has 2 N–H and O–H groups in total. The van der Waals surface area contributed by atoms with Crippen molar-refractivity contribution in [2.24, 2.45) is 5.92 Å². The highest BCUT2D eigenvalue weighted by molar-refractivity contribution is 7.89. The van der Waals surface area contributed by atoms with Gasteiger partial charge in [0.1, 0.15) is 11.6 Å². The van der Waals surface area contributed by atoms with Crippen LogP contribution in [0.1, 0.15) is 49.9 Å². The van der Waals surface area contributed by atoms with Crippen LogP contribution in [0.25, 0.3) is 11.1 Å². The molecule has 3 aromatic rings. The largest absolute Gasteiger partial charge is 0.349 e. The maximum absolute atomic E-state index is 14.8. The van der Waals surface area contributed by atoms with Crippen LogP contribution in [0.15, 0.2) is 65.7 Å². The van der Waals surface area contributed by atoms with Gasteiger partial charge in [0, 0.05) is 29.4 Å². The third kappa shape index (κ3) is 6.14. The van der Waals surface area contributed by atoms with E-state index in [0.29, 0.717) is 36.8 Å². The number of carbonyl (C=O) groups excluding carboxylic acids is 1. The van der Waals surface area contributed by atoms with E-state index in [-0.39, 0.29) is 34.6 Å². The Morgan fingerprint density at radius 2 is 1.69 bits per heavy atom. The van der Waals surface area contributed by atoms with Crippen molar-refractivity contribution in [3.8, 4) is 11.1 Å². The molecule has 0 saturated heterocycles. The van der Waals surface area contributed by atoms with Crippen LogP contribution in [0.5, 0.6) is 0 Å². The maximum Gasteiger partial charge on any atom is 0.240 e. The number of benzene rings is 2. The molecule has 0 radical (unpaired) electrons. The van der Waals surface area contributed by atoms with Gasteiger partial charge in [0.05, 0.1) is 10.9 Å². The molecule has 1 amide bonds. The van der Waals surface area contributed by atoms with E-state index in [1.807, 2.05) is 6.92 Å². The molecular formula is C27H29F2N3O3S. The van der Waals surface area contributed by atoms with Gasteiger partial charge in [-0.3, -0.25) is 9.78 Å². The van der Waals surface area contributed by atoms with Crippen molar-refractivity contribution in [3.63, 3.8) is 0 Å². The molecule has 0 aliphatic heterocycles. The van der Waals surface area contributed by atoms with Crippen LogP contribution in [-0.2, 0) is 14.8 Å². The molecule has 1 atom stereocenters. The van der Waals surface area contributed by atoms with Crippen molar-refractivity contribution in [2.75, 3.05) is 0 Å². The number of hydrogen-bond donors (Lipinski definition) is 2. The molecule has 9 heteroatoms. The van der Waals surface area contributed by atoms with Crippen molar-refractivity contribution < 1.29 is 22.0 Å². The van der Waals surface area contributed by atoms with Crippen molar-refractivity contribution in [2.45, 2.75) is 56.5 Å². The van der Waals surface area contributed by atoms with Gasteiger partial charge in [-0.15, -0.1) is 0 Å². The fourth-order valence-electron chi connectivity index (χ4n) is 4.54. The molecule has 1 heterocycles. The summed E-state index contributed by atoms with van der Waals surface area (Å²) in [6.07, 6.45) is 3.64. The van der Waals surface area contributed by atoms with E-state index < -0.39 is 15.8 Å². The number of pyridine rings is 1. The van der Waals surface area contributed by atoms with Crippen LogP contribution in [-0.4, -0.2) is 25.4 Å². The topological polar surface area (TPSA) is 88.2 Å². The molecule has 2 aromatic carbocycles. The third-order valence-corrected chi connectivity index (χ3v) is 8.13. The molecule has 6 nitrogen and oxygen atoms in total.